The number of likely N-dealkylation sites (tertiary alicyclic amines) is 1. The van der Waals surface area contributed by atoms with E-state index in [0.717, 1.165) is 17.4 Å². The Bertz CT molecular complexity index is 375. The minimum absolute atomic E-state index is 0.0712. The Morgan fingerprint density at radius 1 is 1.44 bits per heavy atom. The van der Waals surface area contributed by atoms with E-state index in [0.29, 0.717) is 11.1 Å². The summed E-state index contributed by atoms with van der Waals surface area (Å²) in [5.74, 6) is -0.0526. The molecule has 1 aliphatic carbocycles. The first-order valence-electron chi connectivity index (χ1n) is 5.72. The molecule has 0 saturated carbocycles. The van der Waals surface area contributed by atoms with Crippen LogP contribution < -0.4 is 0 Å². The molecule has 4 heteroatoms. The Morgan fingerprint density at radius 3 is 2.62 bits per heavy atom. The number of likely N-dealkylation sites (N-methyl/N-ethyl adjacent to an activating group) is 1. The molecule has 0 aromatic heterocycles. The molecule has 16 heavy (non-hydrogen) atoms. The van der Waals surface area contributed by atoms with Crippen molar-refractivity contribution >= 4 is 11.6 Å². The number of nitrogens with zero attached hydrogens (tertiary/aromatic N) is 1. The lowest BCUT2D eigenvalue weighted by molar-refractivity contribution is -0.936. The van der Waals surface area contributed by atoms with Gasteiger partial charge in [-0.1, -0.05) is 11.6 Å². The van der Waals surface area contributed by atoms with Gasteiger partial charge < -0.3 is 14.7 Å². The molecule has 1 fully saturated rings. The van der Waals surface area contributed by atoms with Crippen LogP contribution in [0.3, 0.4) is 0 Å². The second kappa shape index (κ2) is 3.67. The zero-order valence-electron chi connectivity index (χ0n) is 9.94. The predicted molar refractivity (Wildman–Crippen MR) is 64.3 cm³/mol. The van der Waals surface area contributed by atoms with Gasteiger partial charge in [0.05, 0.1) is 30.6 Å². The lowest BCUT2D eigenvalue weighted by Gasteiger charge is -2.41. The standard InChI is InChI=1S/C12H18ClNO2/c1-7(2)14(3)5-4-8-9(14)6-10(15)12(16)11(8)13/h6-9H,4-5H2,1-3H3,(H-,15,16)/p+1. The molecule has 0 radical (unpaired) electrons. The Hall–Kier alpha value is -0.670. The summed E-state index contributed by atoms with van der Waals surface area (Å²) in [7, 11) is 2.19. The molecule has 3 unspecified atom stereocenters. The average Bonchev–Trinajstić information content (AvgIpc) is 2.55. The van der Waals surface area contributed by atoms with Crippen molar-refractivity contribution in [2.75, 3.05) is 13.6 Å². The largest absolute Gasteiger partial charge is 0.504 e. The van der Waals surface area contributed by atoms with E-state index in [-0.39, 0.29) is 23.5 Å². The van der Waals surface area contributed by atoms with Gasteiger partial charge in [-0.2, -0.15) is 0 Å². The maximum absolute atomic E-state index is 9.67. The zero-order valence-corrected chi connectivity index (χ0v) is 10.7. The molecular formula is C12H19ClNO2+. The van der Waals surface area contributed by atoms with Crippen molar-refractivity contribution in [1.82, 2.24) is 0 Å². The smallest absolute Gasteiger partial charge is 0.172 e. The van der Waals surface area contributed by atoms with Crippen LogP contribution in [0.1, 0.15) is 20.3 Å². The molecule has 3 nitrogen and oxygen atoms in total. The number of halogens is 1. The van der Waals surface area contributed by atoms with Crippen LogP contribution in [0.25, 0.3) is 0 Å². The first-order chi connectivity index (χ1) is 7.38. The molecule has 90 valence electrons. The Kier molecular flexibility index (Phi) is 2.71. The predicted octanol–water partition coefficient (Wildman–Crippen LogP) is 2.69. The van der Waals surface area contributed by atoms with Crippen LogP contribution in [-0.4, -0.2) is 40.4 Å². The fourth-order valence-corrected chi connectivity index (χ4v) is 3.19. The summed E-state index contributed by atoms with van der Waals surface area (Å²) in [5, 5.41) is 19.7. The SMILES string of the molecule is CC(C)[N+]1(C)CCC2C(Cl)=C(O)C(O)=CC21. The first-order valence-corrected chi connectivity index (χ1v) is 6.10. The first kappa shape index (κ1) is 11.8. The highest BCUT2D eigenvalue weighted by molar-refractivity contribution is 6.30. The number of quaternary nitrogens is 1. The summed E-state index contributed by atoms with van der Waals surface area (Å²) >= 11 is 6.11. The third-order valence-electron chi connectivity index (χ3n) is 4.32. The molecular weight excluding hydrogens is 226 g/mol. The van der Waals surface area contributed by atoms with Crippen molar-refractivity contribution in [3.05, 3.63) is 22.6 Å². The number of aliphatic hydroxyl groups is 2. The van der Waals surface area contributed by atoms with Crippen molar-refractivity contribution in [1.29, 1.82) is 0 Å². The van der Waals surface area contributed by atoms with E-state index in [1.807, 2.05) is 0 Å². The average molecular weight is 245 g/mol. The lowest BCUT2D eigenvalue weighted by atomic mass is 9.92. The van der Waals surface area contributed by atoms with Gasteiger partial charge in [0, 0.05) is 12.5 Å². The maximum atomic E-state index is 9.67. The molecule has 0 spiro atoms. The van der Waals surface area contributed by atoms with E-state index in [9.17, 15) is 10.2 Å². The van der Waals surface area contributed by atoms with Gasteiger partial charge >= 0.3 is 0 Å². The van der Waals surface area contributed by atoms with E-state index in [1.54, 1.807) is 6.08 Å². The number of rotatable bonds is 1. The van der Waals surface area contributed by atoms with Crippen LogP contribution in [0, 0.1) is 5.92 Å². The van der Waals surface area contributed by atoms with E-state index < -0.39 is 0 Å². The summed E-state index contributed by atoms with van der Waals surface area (Å²) in [6, 6.07) is 0.659. The normalized spacial score (nSPS) is 38.9. The van der Waals surface area contributed by atoms with Gasteiger partial charge in [0.1, 0.15) is 6.04 Å². The molecule has 2 rings (SSSR count). The molecule has 1 heterocycles. The van der Waals surface area contributed by atoms with E-state index in [1.165, 1.54) is 0 Å². The van der Waals surface area contributed by atoms with Crippen molar-refractivity contribution in [2.45, 2.75) is 32.4 Å². The fourth-order valence-electron chi connectivity index (χ4n) is 2.85. The van der Waals surface area contributed by atoms with Crippen molar-refractivity contribution in [2.24, 2.45) is 5.92 Å². The summed E-state index contributed by atoms with van der Waals surface area (Å²) in [6.07, 6.45) is 2.73. The molecule has 0 bridgehead atoms. The molecule has 3 atom stereocenters. The number of hydrogen-bond acceptors (Lipinski definition) is 2. The molecule has 1 saturated heterocycles. The van der Waals surface area contributed by atoms with E-state index >= 15 is 0 Å². The zero-order chi connectivity index (χ0) is 12.1. The summed E-state index contributed by atoms with van der Waals surface area (Å²) in [6.45, 7) is 5.39. The van der Waals surface area contributed by atoms with Crippen LogP contribution in [0.5, 0.6) is 0 Å². The summed E-state index contributed by atoms with van der Waals surface area (Å²) in [4.78, 5) is 0. The molecule has 0 amide bonds. The van der Waals surface area contributed by atoms with Crippen molar-refractivity contribution < 1.29 is 14.7 Å². The monoisotopic (exact) mass is 244 g/mol. The van der Waals surface area contributed by atoms with Crippen LogP contribution in [0.4, 0.5) is 0 Å². The summed E-state index contributed by atoms with van der Waals surface area (Å²) < 4.78 is 0.873. The highest BCUT2D eigenvalue weighted by Gasteiger charge is 2.50. The Labute approximate surface area is 101 Å². The van der Waals surface area contributed by atoms with Gasteiger partial charge in [-0.15, -0.1) is 0 Å². The quantitative estimate of drug-likeness (QED) is 0.697. The van der Waals surface area contributed by atoms with E-state index in [2.05, 4.69) is 20.9 Å². The number of hydrogen-bond donors (Lipinski definition) is 2. The number of aliphatic hydroxyl groups excluding tert-OH is 2. The molecule has 2 aliphatic rings. The van der Waals surface area contributed by atoms with Gasteiger partial charge in [0.25, 0.3) is 0 Å². The van der Waals surface area contributed by atoms with Crippen LogP contribution in [0.2, 0.25) is 0 Å². The fraction of sp³-hybridized carbons (Fsp3) is 0.667. The topological polar surface area (TPSA) is 40.5 Å². The minimum Gasteiger partial charge on any atom is -0.504 e. The van der Waals surface area contributed by atoms with Gasteiger partial charge in [-0.25, -0.2) is 0 Å². The lowest BCUT2D eigenvalue weighted by Crippen LogP contribution is -2.54. The van der Waals surface area contributed by atoms with Crippen LogP contribution in [-0.2, 0) is 0 Å². The van der Waals surface area contributed by atoms with Crippen molar-refractivity contribution in [3.63, 3.8) is 0 Å². The molecule has 2 N–H and O–H groups in total. The second-order valence-corrected chi connectivity index (χ2v) is 5.71. The van der Waals surface area contributed by atoms with Gasteiger partial charge in [-0.05, 0) is 13.8 Å². The van der Waals surface area contributed by atoms with Gasteiger partial charge in [0.2, 0.25) is 0 Å². The van der Waals surface area contributed by atoms with Crippen LogP contribution in [0.15, 0.2) is 22.6 Å². The molecule has 0 aromatic rings. The molecule has 1 aliphatic heterocycles. The van der Waals surface area contributed by atoms with Gasteiger partial charge in [0.15, 0.2) is 11.5 Å². The Balaban J connectivity index is 2.41. The summed E-state index contributed by atoms with van der Waals surface area (Å²) in [5.41, 5.74) is 0. The van der Waals surface area contributed by atoms with Gasteiger partial charge in [-0.3, -0.25) is 0 Å². The highest BCUT2D eigenvalue weighted by atomic mass is 35.5. The third-order valence-corrected chi connectivity index (χ3v) is 4.78. The van der Waals surface area contributed by atoms with Crippen LogP contribution >= 0.6 is 11.6 Å². The third kappa shape index (κ3) is 1.45. The second-order valence-electron chi connectivity index (χ2n) is 5.30. The van der Waals surface area contributed by atoms with Crippen molar-refractivity contribution in [3.8, 4) is 0 Å². The number of fused-ring (bicyclic) bond motifs is 1. The minimum atomic E-state index is -0.139. The van der Waals surface area contributed by atoms with E-state index in [4.69, 9.17) is 11.6 Å². The molecule has 0 aromatic carbocycles. The Morgan fingerprint density at radius 2 is 2.06 bits per heavy atom. The highest BCUT2D eigenvalue weighted by Crippen LogP contribution is 2.43. The maximum Gasteiger partial charge on any atom is 0.172 e.